The Bertz CT molecular complexity index is 791. The first kappa shape index (κ1) is 20.0. The largest absolute Gasteiger partial charge is 0.335 e. The first-order valence-electron chi connectivity index (χ1n) is 7.95. The number of carbonyl (C=O) groups excluding carboxylic acids is 1. The lowest BCUT2D eigenvalue weighted by molar-refractivity contribution is 0.0742. The van der Waals surface area contributed by atoms with E-state index in [9.17, 15) is 9.00 Å². The number of hydrogen-bond acceptors (Lipinski definition) is 2. The van der Waals surface area contributed by atoms with Crippen molar-refractivity contribution in [3.8, 4) is 0 Å². The van der Waals surface area contributed by atoms with Crippen LogP contribution in [0.1, 0.15) is 42.7 Å². The Balaban J connectivity index is 2.20. The van der Waals surface area contributed by atoms with Crippen LogP contribution in [0, 0.1) is 0 Å². The Morgan fingerprint density at radius 2 is 1.64 bits per heavy atom. The number of amides is 1. The average Bonchev–Trinajstić information content (AvgIpc) is 2.59. The van der Waals surface area contributed by atoms with Crippen LogP contribution in [-0.2, 0) is 10.8 Å². The van der Waals surface area contributed by atoms with Crippen molar-refractivity contribution in [1.82, 2.24) is 4.90 Å². The van der Waals surface area contributed by atoms with Gasteiger partial charge in [0.25, 0.3) is 5.91 Å². The molecule has 2 rings (SSSR count). The van der Waals surface area contributed by atoms with Crippen LogP contribution >= 0.6 is 23.2 Å². The first-order valence-corrected chi connectivity index (χ1v) is 9.92. The van der Waals surface area contributed by atoms with Gasteiger partial charge in [0.2, 0.25) is 0 Å². The maximum Gasteiger partial charge on any atom is 0.254 e. The topological polar surface area (TPSA) is 37.4 Å². The Kier molecular flexibility index (Phi) is 6.66. The summed E-state index contributed by atoms with van der Waals surface area (Å²) in [5.74, 6) is -0.125. The Hall–Kier alpha value is -1.36. The van der Waals surface area contributed by atoms with Crippen LogP contribution in [-0.4, -0.2) is 27.3 Å². The SMILES string of the molecule is CC(C)[S@](=O)c1ccc(C(=O)N(C)[C@H](C)c2ccc(Cl)cc2Cl)cc1. The van der Waals surface area contributed by atoms with Gasteiger partial charge in [-0.1, -0.05) is 43.1 Å². The van der Waals surface area contributed by atoms with Crippen molar-refractivity contribution < 1.29 is 9.00 Å². The van der Waals surface area contributed by atoms with Crippen molar-refractivity contribution in [1.29, 1.82) is 0 Å². The molecular weight excluding hydrogens is 377 g/mol. The quantitative estimate of drug-likeness (QED) is 0.682. The second kappa shape index (κ2) is 8.35. The molecule has 0 fully saturated rings. The van der Waals surface area contributed by atoms with Gasteiger partial charge >= 0.3 is 0 Å². The standard InChI is InChI=1S/C19H21Cl2NO2S/c1-12(2)25(24)16-8-5-14(6-9-16)19(23)22(4)13(3)17-10-7-15(20)11-18(17)21/h5-13H,1-4H3/t13-,25+/m1/s1. The van der Waals surface area contributed by atoms with E-state index in [-0.39, 0.29) is 17.2 Å². The van der Waals surface area contributed by atoms with E-state index in [1.165, 1.54) is 0 Å². The highest BCUT2D eigenvalue weighted by atomic mass is 35.5. The second-order valence-electron chi connectivity index (χ2n) is 6.13. The van der Waals surface area contributed by atoms with Crippen molar-refractivity contribution in [3.05, 3.63) is 63.6 Å². The molecule has 134 valence electrons. The number of halogens is 2. The minimum atomic E-state index is -1.07. The Morgan fingerprint density at radius 1 is 1.04 bits per heavy atom. The van der Waals surface area contributed by atoms with E-state index in [1.807, 2.05) is 26.8 Å². The predicted octanol–water partition coefficient (Wildman–Crippen LogP) is 5.34. The van der Waals surface area contributed by atoms with Gasteiger partial charge in [-0.25, -0.2) is 0 Å². The third-order valence-corrected chi connectivity index (χ3v) is 6.23. The fourth-order valence-corrected chi connectivity index (χ4v) is 3.95. The van der Waals surface area contributed by atoms with Crippen LogP contribution in [0.2, 0.25) is 10.0 Å². The summed E-state index contributed by atoms with van der Waals surface area (Å²) >= 11 is 12.2. The van der Waals surface area contributed by atoms with E-state index in [0.29, 0.717) is 15.6 Å². The van der Waals surface area contributed by atoms with Crippen molar-refractivity contribution in [3.63, 3.8) is 0 Å². The zero-order valence-corrected chi connectivity index (χ0v) is 17.0. The molecule has 2 atom stereocenters. The van der Waals surface area contributed by atoms with Gasteiger partial charge in [-0.2, -0.15) is 0 Å². The summed E-state index contributed by atoms with van der Waals surface area (Å²) in [4.78, 5) is 15.1. The van der Waals surface area contributed by atoms with Crippen LogP contribution < -0.4 is 0 Å². The summed E-state index contributed by atoms with van der Waals surface area (Å²) < 4.78 is 12.1. The highest BCUT2D eigenvalue weighted by molar-refractivity contribution is 7.85. The molecule has 0 aliphatic rings. The monoisotopic (exact) mass is 397 g/mol. The minimum Gasteiger partial charge on any atom is -0.335 e. The molecule has 0 radical (unpaired) electrons. The van der Waals surface area contributed by atoms with Crippen LogP contribution in [0.15, 0.2) is 47.4 Å². The lowest BCUT2D eigenvalue weighted by atomic mass is 10.1. The molecule has 0 N–H and O–H groups in total. The van der Waals surface area contributed by atoms with Crippen molar-refractivity contribution in [2.75, 3.05) is 7.05 Å². The molecule has 0 aliphatic carbocycles. The molecule has 2 aromatic carbocycles. The van der Waals surface area contributed by atoms with Gasteiger partial charge in [0, 0.05) is 32.8 Å². The minimum absolute atomic E-state index is 0.0382. The molecule has 0 heterocycles. The van der Waals surface area contributed by atoms with E-state index in [1.54, 1.807) is 48.3 Å². The fourth-order valence-electron chi connectivity index (χ4n) is 2.43. The Morgan fingerprint density at radius 3 is 2.16 bits per heavy atom. The molecule has 0 aromatic heterocycles. The van der Waals surface area contributed by atoms with Crippen LogP contribution in [0.3, 0.4) is 0 Å². The van der Waals surface area contributed by atoms with Crippen molar-refractivity contribution in [2.45, 2.75) is 37.0 Å². The van der Waals surface area contributed by atoms with E-state index >= 15 is 0 Å². The molecule has 25 heavy (non-hydrogen) atoms. The van der Waals surface area contributed by atoms with Gasteiger partial charge in [-0.05, 0) is 48.9 Å². The average molecular weight is 398 g/mol. The normalized spacial score (nSPS) is 13.6. The number of benzene rings is 2. The fraction of sp³-hybridized carbons (Fsp3) is 0.316. The highest BCUT2D eigenvalue weighted by Gasteiger charge is 2.21. The Labute approximate surface area is 161 Å². The van der Waals surface area contributed by atoms with Gasteiger partial charge in [-0.3, -0.25) is 9.00 Å². The molecule has 0 aliphatic heterocycles. The molecule has 0 spiro atoms. The maximum atomic E-state index is 12.7. The summed E-state index contributed by atoms with van der Waals surface area (Å²) in [6.07, 6.45) is 0. The van der Waals surface area contributed by atoms with E-state index in [0.717, 1.165) is 10.5 Å². The number of nitrogens with zero attached hydrogens (tertiary/aromatic N) is 1. The number of rotatable bonds is 5. The summed E-state index contributed by atoms with van der Waals surface area (Å²) in [5, 5.41) is 1.13. The van der Waals surface area contributed by atoms with E-state index in [4.69, 9.17) is 23.2 Å². The summed E-state index contributed by atoms with van der Waals surface area (Å²) in [5.41, 5.74) is 1.38. The van der Waals surface area contributed by atoms with Crippen molar-refractivity contribution in [2.24, 2.45) is 0 Å². The summed E-state index contributed by atoms with van der Waals surface area (Å²) in [7, 11) is 0.668. The smallest absolute Gasteiger partial charge is 0.254 e. The van der Waals surface area contributed by atoms with Gasteiger partial charge in [0.05, 0.1) is 16.8 Å². The molecule has 0 saturated carbocycles. The first-order chi connectivity index (χ1) is 11.7. The third kappa shape index (κ3) is 4.63. The maximum absolute atomic E-state index is 12.7. The second-order valence-corrected chi connectivity index (χ2v) is 8.98. The molecule has 0 saturated heterocycles. The van der Waals surface area contributed by atoms with Crippen LogP contribution in [0.25, 0.3) is 0 Å². The van der Waals surface area contributed by atoms with Crippen LogP contribution in [0.4, 0.5) is 0 Å². The van der Waals surface area contributed by atoms with Crippen LogP contribution in [0.5, 0.6) is 0 Å². The zero-order valence-electron chi connectivity index (χ0n) is 14.6. The third-order valence-electron chi connectivity index (χ3n) is 4.08. The molecule has 1 amide bonds. The highest BCUT2D eigenvalue weighted by Crippen LogP contribution is 2.29. The van der Waals surface area contributed by atoms with Gasteiger partial charge in [-0.15, -0.1) is 0 Å². The molecule has 0 bridgehead atoms. The lowest BCUT2D eigenvalue weighted by Crippen LogP contribution is -2.29. The van der Waals surface area contributed by atoms with E-state index in [2.05, 4.69) is 0 Å². The lowest BCUT2D eigenvalue weighted by Gasteiger charge is -2.26. The zero-order chi connectivity index (χ0) is 18.7. The molecule has 2 aromatic rings. The van der Waals surface area contributed by atoms with Gasteiger partial charge < -0.3 is 4.90 Å². The number of hydrogen-bond donors (Lipinski definition) is 0. The van der Waals surface area contributed by atoms with E-state index < -0.39 is 10.8 Å². The molecule has 6 heteroatoms. The molecular formula is C19H21Cl2NO2S. The van der Waals surface area contributed by atoms with Crippen molar-refractivity contribution >= 4 is 39.9 Å². The summed E-state index contributed by atoms with van der Waals surface area (Å²) in [6, 6.07) is 12.0. The van der Waals surface area contributed by atoms with Gasteiger partial charge in [0.1, 0.15) is 0 Å². The van der Waals surface area contributed by atoms with Gasteiger partial charge in [0.15, 0.2) is 0 Å². The molecule has 3 nitrogen and oxygen atoms in total. The summed E-state index contributed by atoms with van der Waals surface area (Å²) in [6.45, 7) is 5.72. The number of carbonyl (C=O) groups is 1. The predicted molar refractivity (Wildman–Crippen MR) is 105 cm³/mol. The molecule has 0 unspecified atom stereocenters.